The van der Waals surface area contributed by atoms with Gasteiger partial charge in [-0.1, -0.05) is 0 Å². The Balaban J connectivity index is 1.86. The summed E-state index contributed by atoms with van der Waals surface area (Å²) in [5.41, 5.74) is 0.392. The molecular weight excluding hydrogens is 326 g/mol. The highest BCUT2D eigenvalue weighted by molar-refractivity contribution is 7.91. The van der Waals surface area contributed by atoms with Crippen LogP contribution in [0.5, 0.6) is 0 Å². The first-order valence-electron chi connectivity index (χ1n) is 7.51. The number of anilines is 1. The lowest BCUT2D eigenvalue weighted by atomic mass is 10.2. The maximum atomic E-state index is 13.1. The van der Waals surface area contributed by atoms with Crippen LogP contribution in [0.15, 0.2) is 18.2 Å². The summed E-state index contributed by atoms with van der Waals surface area (Å²) in [6, 6.07) is 3.17. The minimum Gasteiger partial charge on any atom is -0.384 e. The molecule has 23 heavy (non-hydrogen) atoms. The van der Waals surface area contributed by atoms with Crippen molar-refractivity contribution in [3.8, 4) is 0 Å². The molecule has 1 aromatic carbocycles. The van der Waals surface area contributed by atoms with Gasteiger partial charge in [-0.25, -0.2) is 17.2 Å². The van der Waals surface area contributed by atoms with Gasteiger partial charge in [0.2, 0.25) is 5.91 Å². The number of nitrogens with zero attached hydrogens (tertiary/aromatic N) is 1. The van der Waals surface area contributed by atoms with E-state index in [0.717, 1.165) is 12.1 Å². The Kier molecular flexibility index (Phi) is 5.56. The summed E-state index contributed by atoms with van der Waals surface area (Å²) in [6.07, 6.45) is 0.627. The van der Waals surface area contributed by atoms with Crippen LogP contribution in [0.4, 0.5) is 14.5 Å². The Morgan fingerprint density at radius 1 is 1.35 bits per heavy atom. The van der Waals surface area contributed by atoms with E-state index in [1.165, 1.54) is 6.07 Å². The molecule has 1 aromatic rings. The van der Waals surface area contributed by atoms with Crippen molar-refractivity contribution in [3.63, 3.8) is 0 Å². The van der Waals surface area contributed by atoms with E-state index >= 15 is 0 Å². The first-order chi connectivity index (χ1) is 10.8. The summed E-state index contributed by atoms with van der Waals surface area (Å²) in [6.45, 7) is 2.52. The van der Waals surface area contributed by atoms with Gasteiger partial charge in [0.15, 0.2) is 21.5 Å². The zero-order chi connectivity index (χ0) is 17.0. The molecule has 1 heterocycles. The van der Waals surface area contributed by atoms with E-state index in [2.05, 4.69) is 5.32 Å². The van der Waals surface area contributed by atoms with Crippen molar-refractivity contribution in [2.24, 2.45) is 0 Å². The van der Waals surface area contributed by atoms with Crippen LogP contribution in [0.2, 0.25) is 0 Å². The van der Waals surface area contributed by atoms with Gasteiger partial charge in [0.05, 0.1) is 11.5 Å². The molecule has 1 saturated heterocycles. The second kappa shape index (κ2) is 7.25. The number of amides is 1. The van der Waals surface area contributed by atoms with Gasteiger partial charge in [-0.15, -0.1) is 0 Å². The fourth-order valence-electron chi connectivity index (χ4n) is 2.72. The van der Waals surface area contributed by atoms with E-state index in [0.29, 0.717) is 18.7 Å². The summed E-state index contributed by atoms with van der Waals surface area (Å²) >= 11 is 0. The topological polar surface area (TPSA) is 66.5 Å². The second-order valence-corrected chi connectivity index (χ2v) is 7.77. The molecule has 0 radical (unpaired) electrons. The Morgan fingerprint density at radius 2 is 2.09 bits per heavy atom. The molecule has 0 bridgehead atoms. The van der Waals surface area contributed by atoms with Gasteiger partial charge in [-0.3, -0.25) is 4.79 Å². The van der Waals surface area contributed by atoms with Crippen molar-refractivity contribution in [2.45, 2.75) is 25.8 Å². The van der Waals surface area contributed by atoms with E-state index in [-0.39, 0.29) is 36.4 Å². The molecule has 1 aliphatic heterocycles. The maximum Gasteiger partial charge on any atom is 0.224 e. The molecule has 0 aromatic heterocycles. The predicted molar refractivity (Wildman–Crippen MR) is 83.9 cm³/mol. The normalized spacial score (nSPS) is 19.5. The summed E-state index contributed by atoms with van der Waals surface area (Å²) < 4.78 is 49.0. The van der Waals surface area contributed by atoms with Gasteiger partial charge < -0.3 is 10.2 Å². The number of rotatable bonds is 6. The van der Waals surface area contributed by atoms with Crippen LogP contribution in [0.3, 0.4) is 0 Å². The van der Waals surface area contributed by atoms with Crippen molar-refractivity contribution in [2.75, 3.05) is 29.9 Å². The molecule has 1 aliphatic rings. The largest absolute Gasteiger partial charge is 0.384 e. The number of carbonyl (C=O) groups excluding carboxylic acids is 1. The number of benzene rings is 1. The fourth-order valence-corrected chi connectivity index (χ4v) is 4.45. The van der Waals surface area contributed by atoms with Crippen molar-refractivity contribution in [1.29, 1.82) is 0 Å². The summed E-state index contributed by atoms with van der Waals surface area (Å²) in [5, 5.41) is 2.86. The molecule has 1 unspecified atom stereocenters. The number of carbonyl (C=O) groups is 1. The Hall–Kier alpha value is -1.70. The first-order valence-corrected chi connectivity index (χ1v) is 9.33. The molecule has 1 N–H and O–H groups in total. The number of sulfone groups is 1. The lowest BCUT2D eigenvalue weighted by Gasteiger charge is -2.27. The quantitative estimate of drug-likeness (QED) is 0.853. The second-order valence-electron chi connectivity index (χ2n) is 5.54. The van der Waals surface area contributed by atoms with Crippen LogP contribution in [0.1, 0.15) is 19.8 Å². The number of halogens is 2. The summed E-state index contributed by atoms with van der Waals surface area (Å²) in [4.78, 5) is 13.8. The minimum atomic E-state index is -3.04. The molecule has 1 atom stereocenters. The number of nitrogens with one attached hydrogen (secondary N) is 1. The van der Waals surface area contributed by atoms with Crippen LogP contribution >= 0.6 is 0 Å². The van der Waals surface area contributed by atoms with Crippen molar-refractivity contribution < 1.29 is 22.0 Å². The van der Waals surface area contributed by atoms with Crippen molar-refractivity contribution in [1.82, 2.24) is 4.90 Å². The van der Waals surface area contributed by atoms with Crippen molar-refractivity contribution >= 4 is 21.4 Å². The Labute approximate surface area is 134 Å². The van der Waals surface area contributed by atoms with E-state index in [1.54, 1.807) is 4.90 Å². The van der Waals surface area contributed by atoms with Gasteiger partial charge in [-0.05, 0) is 31.5 Å². The van der Waals surface area contributed by atoms with Crippen LogP contribution in [-0.4, -0.2) is 49.9 Å². The zero-order valence-electron chi connectivity index (χ0n) is 12.9. The van der Waals surface area contributed by atoms with Crippen LogP contribution in [-0.2, 0) is 14.6 Å². The van der Waals surface area contributed by atoms with Gasteiger partial charge in [0.1, 0.15) is 0 Å². The summed E-state index contributed by atoms with van der Waals surface area (Å²) in [7, 11) is -3.04. The zero-order valence-corrected chi connectivity index (χ0v) is 13.7. The molecule has 2 rings (SSSR count). The van der Waals surface area contributed by atoms with E-state index in [9.17, 15) is 22.0 Å². The molecule has 0 aliphatic carbocycles. The minimum absolute atomic E-state index is 0.0170. The lowest BCUT2D eigenvalue weighted by Crippen LogP contribution is -2.41. The molecule has 0 spiro atoms. The smallest absolute Gasteiger partial charge is 0.224 e. The average molecular weight is 346 g/mol. The van der Waals surface area contributed by atoms with Crippen molar-refractivity contribution in [3.05, 3.63) is 29.8 Å². The molecule has 8 heteroatoms. The Bertz CT molecular complexity index is 679. The van der Waals surface area contributed by atoms with Gasteiger partial charge in [-0.2, -0.15) is 0 Å². The molecule has 0 saturated carbocycles. The number of hydrogen-bond acceptors (Lipinski definition) is 4. The standard InChI is InChI=1S/C15H20F2N2O3S/c1-2-19(12-6-8-23(21,22)10-12)15(20)5-7-18-11-3-4-13(16)14(17)9-11/h3-4,9,12,18H,2,5-8,10H2,1H3. The van der Waals surface area contributed by atoms with Gasteiger partial charge in [0.25, 0.3) is 0 Å². The molecule has 128 valence electrons. The lowest BCUT2D eigenvalue weighted by molar-refractivity contribution is -0.132. The van der Waals surface area contributed by atoms with E-state index in [4.69, 9.17) is 0 Å². The monoisotopic (exact) mass is 346 g/mol. The van der Waals surface area contributed by atoms with Gasteiger partial charge >= 0.3 is 0 Å². The molecule has 1 fully saturated rings. The third kappa shape index (κ3) is 4.63. The van der Waals surface area contributed by atoms with Gasteiger partial charge in [0, 0.05) is 31.2 Å². The predicted octanol–water partition coefficient (Wildman–Crippen LogP) is 1.80. The highest BCUT2D eigenvalue weighted by atomic mass is 32.2. The highest BCUT2D eigenvalue weighted by Gasteiger charge is 2.33. The first kappa shape index (κ1) is 17.7. The average Bonchev–Trinajstić information content (AvgIpc) is 2.83. The highest BCUT2D eigenvalue weighted by Crippen LogP contribution is 2.18. The third-order valence-electron chi connectivity index (χ3n) is 3.90. The maximum absolute atomic E-state index is 13.1. The third-order valence-corrected chi connectivity index (χ3v) is 5.65. The molecule has 5 nitrogen and oxygen atoms in total. The molecular formula is C15H20F2N2O3S. The van der Waals surface area contributed by atoms with Crippen LogP contribution in [0, 0.1) is 11.6 Å². The number of hydrogen-bond donors (Lipinski definition) is 1. The molecule has 1 amide bonds. The summed E-state index contributed by atoms with van der Waals surface area (Å²) in [5.74, 6) is -1.89. The SMILES string of the molecule is CCN(C(=O)CCNc1ccc(F)c(F)c1)C1CCS(=O)(=O)C1. The fraction of sp³-hybridized carbons (Fsp3) is 0.533. The van der Waals surface area contributed by atoms with E-state index < -0.39 is 21.5 Å². The van der Waals surface area contributed by atoms with Crippen LogP contribution < -0.4 is 5.32 Å². The van der Waals surface area contributed by atoms with Crippen LogP contribution in [0.25, 0.3) is 0 Å². The Morgan fingerprint density at radius 3 is 2.65 bits per heavy atom. The van der Waals surface area contributed by atoms with E-state index in [1.807, 2.05) is 6.92 Å².